The smallest absolute Gasteiger partial charge is 0.326 e. The van der Waals surface area contributed by atoms with Crippen LogP contribution in [0.2, 0.25) is 0 Å². The Labute approximate surface area is 425 Å². The van der Waals surface area contributed by atoms with E-state index in [0.717, 1.165) is 44.9 Å². The van der Waals surface area contributed by atoms with E-state index in [-0.39, 0.29) is 105 Å². The van der Waals surface area contributed by atoms with Gasteiger partial charge >= 0.3 is 5.97 Å². The van der Waals surface area contributed by atoms with Crippen LogP contribution in [0.4, 0.5) is 0 Å². The van der Waals surface area contributed by atoms with Gasteiger partial charge in [0.1, 0.15) is 12.1 Å². The minimum absolute atomic E-state index is 0.00121. The Balaban J connectivity index is 0.933. The highest BCUT2D eigenvalue weighted by Gasteiger charge is 2.71. The van der Waals surface area contributed by atoms with Gasteiger partial charge in [0.15, 0.2) is 23.8 Å². The minimum atomic E-state index is -0.982. The Kier molecular flexibility index (Phi) is 16.8. The summed E-state index contributed by atoms with van der Waals surface area (Å²) >= 11 is 0. The number of hydrogen-bond donors (Lipinski definition) is 4. The molecule has 10 aliphatic rings. The highest BCUT2D eigenvalue weighted by Crippen LogP contribution is 2.62. The number of nitrogens with zero attached hydrogens (tertiary/aromatic N) is 2. The maximum absolute atomic E-state index is 14.5. The van der Waals surface area contributed by atoms with Gasteiger partial charge in [0.25, 0.3) is 0 Å². The summed E-state index contributed by atoms with van der Waals surface area (Å²) in [5, 5.41) is 5.72. The van der Waals surface area contributed by atoms with Crippen molar-refractivity contribution < 1.29 is 67.2 Å². The SMILES string of the molecule is C[C@@H]1CCC2[C@@H](C)[C@@H](CC(=O)N(CCNC(=O)[C@@H](N)CCCCN)CC(=O)NCCN(CC(=O)OC(C)(C)C)C(=O)C[C@H]3O[C@@H]4O[C@]5(C)CCC6[C@H](C)CCC([C@H]3C)[C@]64OO5)O[C@@H]3O[C@]4(C)CCC1[C@@]23OO4. The topological polar surface area (TPSA) is 251 Å². The number of nitrogens with two attached hydrogens (primary N) is 2. The van der Waals surface area contributed by atoms with E-state index >= 15 is 0 Å². The molecule has 4 amide bonds. The van der Waals surface area contributed by atoms with E-state index in [1.54, 1.807) is 20.8 Å². The van der Waals surface area contributed by atoms with Crippen LogP contribution in [0, 0.1) is 47.3 Å². The summed E-state index contributed by atoms with van der Waals surface area (Å²) in [6, 6.07) is -0.746. The molecule has 2 spiro atoms. The normalized spacial score (nSPS) is 40.1. The molecule has 6 N–H and O–H groups in total. The molecule has 72 heavy (non-hydrogen) atoms. The van der Waals surface area contributed by atoms with Crippen molar-refractivity contribution >= 4 is 29.6 Å². The molecular formula is C52H86N6O14. The van der Waals surface area contributed by atoms with E-state index in [0.29, 0.717) is 44.1 Å². The number of unbranched alkanes of at least 4 members (excludes halogenated alkanes) is 1. The Morgan fingerprint density at radius 3 is 1.64 bits per heavy atom. The third kappa shape index (κ3) is 11.2. The lowest BCUT2D eigenvalue weighted by atomic mass is 9.57. The molecule has 2 aliphatic carbocycles. The Morgan fingerprint density at radius 2 is 1.15 bits per heavy atom. The van der Waals surface area contributed by atoms with Crippen LogP contribution in [0.15, 0.2) is 0 Å². The van der Waals surface area contributed by atoms with Crippen LogP contribution in [-0.2, 0) is 67.2 Å². The van der Waals surface area contributed by atoms with Crippen LogP contribution >= 0.6 is 0 Å². The number of nitrogens with one attached hydrogen (secondary N) is 2. The molecule has 8 saturated heterocycles. The van der Waals surface area contributed by atoms with Gasteiger partial charge in [-0.05, 0) is 128 Å². The van der Waals surface area contributed by atoms with Crippen LogP contribution in [0.1, 0.15) is 146 Å². The first kappa shape index (κ1) is 55.2. The van der Waals surface area contributed by atoms with Crippen molar-refractivity contribution in [3.63, 3.8) is 0 Å². The number of rotatable bonds is 19. The molecule has 17 atom stereocenters. The van der Waals surface area contributed by atoms with Crippen molar-refractivity contribution in [3.8, 4) is 0 Å². The van der Waals surface area contributed by atoms with E-state index < -0.39 is 71.1 Å². The summed E-state index contributed by atoms with van der Waals surface area (Å²) in [5.41, 5.74) is 9.42. The van der Waals surface area contributed by atoms with E-state index in [4.69, 9.17) is 54.7 Å². The second-order valence-corrected chi connectivity index (χ2v) is 24.0. The Hall–Kier alpha value is -3.05. The van der Waals surface area contributed by atoms with Crippen molar-refractivity contribution in [3.05, 3.63) is 0 Å². The zero-order valence-corrected chi connectivity index (χ0v) is 44.4. The summed E-state index contributed by atoms with van der Waals surface area (Å²) < 4.78 is 32.2. The average molecular weight is 1020 g/mol. The predicted molar refractivity (Wildman–Crippen MR) is 259 cm³/mol. The summed E-state index contributed by atoms with van der Waals surface area (Å²) in [4.78, 5) is 96.6. The zero-order chi connectivity index (χ0) is 52.0. The molecule has 10 rings (SSSR count). The van der Waals surface area contributed by atoms with Crippen molar-refractivity contribution in [2.75, 3.05) is 45.8 Å². The highest BCUT2D eigenvalue weighted by atomic mass is 17.3. The molecule has 2 saturated carbocycles. The van der Waals surface area contributed by atoms with E-state index in [1.165, 1.54) is 9.80 Å². The van der Waals surface area contributed by atoms with Gasteiger partial charge in [0, 0.05) is 50.9 Å². The van der Waals surface area contributed by atoms with Gasteiger partial charge in [0.05, 0.1) is 37.6 Å². The highest BCUT2D eigenvalue weighted by molar-refractivity contribution is 5.86. The predicted octanol–water partition coefficient (Wildman–Crippen LogP) is 3.96. The molecule has 0 aromatic heterocycles. The first-order valence-corrected chi connectivity index (χ1v) is 27.2. The van der Waals surface area contributed by atoms with Gasteiger partial charge in [-0.1, -0.05) is 34.1 Å². The number of carbonyl (C=O) groups excluding carboxylic acids is 5. The average Bonchev–Trinajstić information content (AvgIpc) is 3.69. The summed E-state index contributed by atoms with van der Waals surface area (Å²) in [6.45, 7) is 17.5. The first-order valence-electron chi connectivity index (χ1n) is 27.2. The Morgan fingerprint density at radius 1 is 0.667 bits per heavy atom. The monoisotopic (exact) mass is 1020 g/mol. The van der Waals surface area contributed by atoms with Crippen molar-refractivity contribution in [1.29, 1.82) is 0 Å². The summed E-state index contributed by atoms with van der Waals surface area (Å²) in [7, 11) is 0. The molecule has 0 radical (unpaired) electrons. The molecule has 4 unspecified atom stereocenters. The molecule has 10 fully saturated rings. The van der Waals surface area contributed by atoms with E-state index in [9.17, 15) is 24.0 Å². The zero-order valence-electron chi connectivity index (χ0n) is 44.4. The minimum Gasteiger partial charge on any atom is -0.459 e. The van der Waals surface area contributed by atoms with Crippen LogP contribution in [0.5, 0.6) is 0 Å². The molecular weight excluding hydrogens is 933 g/mol. The fraction of sp³-hybridized carbons (Fsp3) is 0.904. The maximum atomic E-state index is 14.5. The first-order chi connectivity index (χ1) is 34.0. The number of amides is 4. The van der Waals surface area contributed by atoms with Gasteiger partial charge < -0.3 is 55.6 Å². The van der Waals surface area contributed by atoms with Crippen molar-refractivity contribution in [2.45, 2.75) is 205 Å². The van der Waals surface area contributed by atoms with Gasteiger partial charge in [-0.3, -0.25) is 24.0 Å². The second-order valence-electron chi connectivity index (χ2n) is 24.0. The standard InChI is InChI=1S/C52H86N6O14/c1-30-13-15-36-32(3)39(64-46-51(36)34(30)17-19-49(8,67-46)69-71-51)26-42(60)57(25-23-56-45(63)38(54)12-10-11-21-53)28-41(59)55-22-24-58(29-44(62)66-48(5,6)7)43(61)27-40-33(4)37-16-14-31(2)35-18-20-50(9)68-47(65-40)52(35,37)72-70-50/h30-40,46-47H,10-29,53-54H2,1-9H3,(H,55,59)(H,56,63)/t30-,31-,32-,33-,34?,35?,36?,37?,38+,39-,40-,46-,47-,49+,50+,51-,52-/m1/s1. The molecule has 0 aromatic rings. The van der Waals surface area contributed by atoms with Crippen molar-refractivity contribution in [1.82, 2.24) is 20.4 Å². The fourth-order valence-electron chi connectivity index (χ4n) is 13.8. The number of carbonyl (C=O) groups is 5. The van der Waals surface area contributed by atoms with Gasteiger partial charge in [-0.15, -0.1) is 0 Å². The van der Waals surface area contributed by atoms with Crippen molar-refractivity contribution in [2.24, 2.45) is 58.8 Å². The number of esters is 1. The molecule has 8 aliphatic heterocycles. The second kappa shape index (κ2) is 21.9. The quantitative estimate of drug-likeness (QED) is 0.0812. The molecule has 20 heteroatoms. The third-order valence-electron chi connectivity index (χ3n) is 17.8. The van der Waals surface area contributed by atoms with Crippen LogP contribution in [-0.4, -0.2) is 144 Å². The van der Waals surface area contributed by atoms with E-state index in [2.05, 4.69) is 38.3 Å². The molecule has 408 valence electrons. The van der Waals surface area contributed by atoms with Gasteiger partial charge in [-0.25, -0.2) is 19.6 Å². The van der Waals surface area contributed by atoms with Gasteiger partial charge in [-0.2, -0.15) is 0 Å². The van der Waals surface area contributed by atoms with Crippen LogP contribution in [0.25, 0.3) is 0 Å². The van der Waals surface area contributed by atoms with Gasteiger partial charge in [0.2, 0.25) is 35.2 Å². The maximum Gasteiger partial charge on any atom is 0.326 e. The number of hydrogen-bond acceptors (Lipinski definition) is 16. The summed E-state index contributed by atoms with van der Waals surface area (Å²) in [6.07, 6.45) is 6.05. The fourth-order valence-corrected chi connectivity index (χ4v) is 13.8. The van der Waals surface area contributed by atoms with Crippen LogP contribution < -0.4 is 22.1 Å². The molecule has 4 bridgehead atoms. The lowest BCUT2D eigenvalue weighted by Crippen LogP contribution is -2.70. The number of fused-ring (bicyclic) bond motifs is 4. The molecule has 0 aromatic carbocycles. The number of ether oxygens (including phenoxy) is 5. The Bertz CT molecular complexity index is 1980. The molecule has 8 heterocycles. The van der Waals surface area contributed by atoms with E-state index in [1.807, 2.05) is 13.8 Å². The third-order valence-corrected chi connectivity index (χ3v) is 17.8. The largest absolute Gasteiger partial charge is 0.459 e. The lowest BCUT2D eigenvalue weighted by molar-refractivity contribution is -0.571. The molecule has 20 nitrogen and oxygen atoms in total. The lowest BCUT2D eigenvalue weighted by Gasteiger charge is -2.60. The summed E-state index contributed by atoms with van der Waals surface area (Å²) in [5.74, 6) is -3.23. The van der Waals surface area contributed by atoms with Crippen LogP contribution in [0.3, 0.4) is 0 Å².